The first-order valence-corrected chi connectivity index (χ1v) is 7.08. The molecule has 0 amide bonds. The van der Waals surface area contributed by atoms with Gasteiger partial charge in [0.2, 0.25) is 0 Å². The maximum atomic E-state index is 11.0. The summed E-state index contributed by atoms with van der Waals surface area (Å²) in [6.07, 6.45) is 1.55. The lowest BCUT2D eigenvalue weighted by Gasteiger charge is -2.08. The Kier molecular flexibility index (Phi) is 4.41. The number of pyridine rings is 1. The summed E-state index contributed by atoms with van der Waals surface area (Å²) >= 11 is 1.61. The third kappa shape index (κ3) is 3.17. The normalized spacial score (nSPS) is 10.8. The minimum Gasteiger partial charge on any atom is -0.305 e. The van der Waals surface area contributed by atoms with Crippen molar-refractivity contribution in [2.45, 2.75) is 33.9 Å². The van der Waals surface area contributed by atoms with Crippen LogP contribution in [-0.4, -0.2) is 14.9 Å². The Bertz CT molecular complexity index is 639. The fourth-order valence-corrected chi connectivity index (χ4v) is 2.64. The van der Waals surface area contributed by atoms with Crippen LogP contribution in [-0.2, 0) is 13.1 Å². The third-order valence-electron chi connectivity index (χ3n) is 3.02. The van der Waals surface area contributed by atoms with Crippen LogP contribution in [0, 0.1) is 30.9 Å². The van der Waals surface area contributed by atoms with Crippen molar-refractivity contribution in [3.8, 4) is 0 Å². The monoisotopic (exact) mass is 292 g/mol. The summed E-state index contributed by atoms with van der Waals surface area (Å²) in [4.78, 5) is 19.3. The summed E-state index contributed by atoms with van der Waals surface area (Å²) < 4.78 is 0. The summed E-state index contributed by atoms with van der Waals surface area (Å²) in [6.45, 7) is 6.52. The molecule has 2 rings (SSSR count). The molecule has 20 heavy (non-hydrogen) atoms. The molecule has 7 heteroatoms. The zero-order valence-corrected chi connectivity index (χ0v) is 12.5. The Morgan fingerprint density at radius 3 is 2.70 bits per heavy atom. The first-order chi connectivity index (χ1) is 9.49. The van der Waals surface area contributed by atoms with Gasteiger partial charge in [0, 0.05) is 35.8 Å². The molecular formula is C13H16N4O2S. The highest BCUT2D eigenvalue weighted by Gasteiger charge is 2.18. The Morgan fingerprint density at radius 2 is 2.10 bits per heavy atom. The molecule has 0 aliphatic heterocycles. The molecule has 0 spiro atoms. The minimum atomic E-state index is -0.348. The van der Waals surface area contributed by atoms with Crippen molar-refractivity contribution in [2.75, 3.05) is 0 Å². The van der Waals surface area contributed by atoms with Gasteiger partial charge < -0.3 is 5.32 Å². The van der Waals surface area contributed by atoms with Gasteiger partial charge in [-0.15, -0.1) is 11.3 Å². The molecule has 2 aromatic heterocycles. The van der Waals surface area contributed by atoms with Gasteiger partial charge >= 0.3 is 0 Å². The lowest BCUT2D eigenvalue weighted by atomic mass is 10.1. The van der Waals surface area contributed by atoms with Crippen LogP contribution >= 0.6 is 11.3 Å². The van der Waals surface area contributed by atoms with Gasteiger partial charge in [-0.2, -0.15) is 0 Å². The predicted molar refractivity (Wildman–Crippen MR) is 77.8 cm³/mol. The van der Waals surface area contributed by atoms with Gasteiger partial charge in [-0.3, -0.25) is 15.1 Å². The van der Waals surface area contributed by atoms with Crippen LogP contribution in [0.4, 0.5) is 5.69 Å². The maximum absolute atomic E-state index is 11.0. The molecule has 0 bridgehead atoms. The van der Waals surface area contributed by atoms with Gasteiger partial charge in [0.15, 0.2) is 0 Å². The lowest BCUT2D eigenvalue weighted by Crippen LogP contribution is -2.15. The van der Waals surface area contributed by atoms with Gasteiger partial charge in [0.05, 0.1) is 21.3 Å². The summed E-state index contributed by atoms with van der Waals surface area (Å²) in [7, 11) is 0. The van der Waals surface area contributed by atoms with E-state index in [0.717, 1.165) is 10.7 Å². The molecular weight excluding hydrogens is 276 g/mol. The van der Waals surface area contributed by atoms with E-state index in [2.05, 4.69) is 15.3 Å². The van der Waals surface area contributed by atoms with E-state index >= 15 is 0 Å². The van der Waals surface area contributed by atoms with E-state index in [4.69, 9.17) is 0 Å². The number of aryl methyl sites for hydroxylation is 2. The molecule has 0 unspecified atom stereocenters. The van der Waals surface area contributed by atoms with Crippen molar-refractivity contribution < 1.29 is 4.92 Å². The summed E-state index contributed by atoms with van der Waals surface area (Å²) in [5, 5.41) is 17.3. The van der Waals surface area contributed by atoms with Crippen molar-refractivity contribution in [1.29, 1.82) is 0 Å². The Morgan fingerprint density at radius 1 is 1.35 bits per heavy atom. The Balaban J connectivity index is 2.06. The topological polar surface area (TPSA) is 81.0 Å². The van der Waals surface area contributed by atoms with E-state index in [1.165, 1.54) is 0 Å². The number of hydrogen-bond acceptors (Lipinski definition) is 6. The third-order valence-corrected chi connectivity index (χ3v) is 3.85. The molecule has 1 N–H and O–H groups in total. The number of nitro groups is 1. The van der Waals surface area contributed by atoms with Crippen LogP contribution < -0.4 is 5.32 Å². The standard InChI is InChI=1S/C13H16N4O2S/c1-8-4-15-12(9(2)13(8)17(18)19)6-14-5-11-7-20-10(3)16-11/h4,7,14H,5-6H2,1-3H3. The predicted octanol–water partition coefficient (Wildman–Crippen LogP) is 2.66. The van der Waals surface area contributed by atoms with Gasteiger partial charge in [-0.05, 0) is 20.8 Å². The van der Waals surface area contributed by atoms with Crippen molar-refractivity contribution in [1.82, 2.24) is 15.3 Å². The van der Waals surface area contributed by atoms with Crippen LogP contribution in [0.3, 0.4) is 0 Å². The summed E-state index contributed by atoms with van der Waals surface area (Å²) in [5.74, 6) is 0. The second kappa shape index (κ2) is 6.06. The van der Waals surface area contributed by atoms with Crippen molar-refractivity contribution in [2.24, 2.45) is 0 Å². The summed E-state index contributed by atoms with van der Waals surface area (Å²) in [5.41, 5.74) is 3.05. The van der Waals surface area contributed by atoms with Crippen molar-refractivity contribution in [3.05, 3.63) is 49.2 Å². The molecule has 106 valence electrons. The fourth-order valence-electron chi connectivity index (χ4n) is 2.02. The number of thiazole rings is 1. The molecule has 2 heterocycles. The van der Waals surface area contributed by atoms with Gasteiger partial charge in [-0.25, -0.2) is 4.98 Å². The van der Waals surface area contributed by atoms with E-state index in [-0.39, 0.29) is 10.6 Å². The first kappa shape index (κ1) is 14.5. The highest BCUT2D eigenvalue weighted by Crippen LogP contribution is 2.23. The second-order valence-corrected chi connectivity index (χ2v) is 5.64. The SMILES string of the molecule is Cc1nc(CNCc2ncc(C)c([N+](=O)[O-])c2C)cs1. The van der Waals surface area contributed by atoms with Gasteiger partial charge in [-0.1, -0.05) is 0 Å². The molecule has 0 saturated carbocycles. The van der Waals surface area contributed by atoms with E-state index in [1.807, 2.05) is 12.3 Å². The summed E-state index contributed by atoms with van der Waals surface area (Å²) in [6, 6.07) is 0. The molecule has 0 aliphatic rings. The molecule has 2 aromatic rings. The van der Waals surface area contributed by atoms with E-state index in [1.54, 1.807) is 31.4 Å². The molecule has 0 saturated heterocycles. The number of aromatic nitrogens is 2. The highest BCUT2D eigenvalue weighted by molar-refractivity contribution is 7.09. The lowest BCUT2D eigenvalue weighted by molar-refractivity contribution is -0.386. The Hall–Kier alpha value is -1.86. The number of rotatable bonds is 5. The molecule has 6 nitrogen and oxygen atoms in total. The van der Waals surface area contributed by atoms with Gasteiger partial charge in [0.1, 0.15) is 0 Å². The molecule has 0 atom stereocenters. The number of nitrogens with one attached hydrogen (secondary N) is 1. The van der Waals surface area contributed by atoms with Crippen LogP contribution in [0.15, 0.2) is 11.6 Å². The zero-order valence-electron chi connectivity index (χ0n) is 11.6. The van der Waals surface area contributed by atoms with Crippen LogP contribution in [0.5, 0.6) is 0 Å². The van der Waals surface area contributed by atoms with E-state index in [9.17, 15) is 10.1 Å². The first-order valence-electron chi connectivity index (χ1n) is 6.20. The van der Waals surface area contributed by atoms with Crippen LogP contribution in [0.1, 0.15) is 27.5 Å². The van der Waals surface area contributed by atoms with Crippen LogP contribution in [0.2, 0.25) is 0 Å². The molecule has 0 aliphatic carbocycles. The number of hydrogen-bond donors (Lipinski definition) is 1. The average molecular weight is 292 g/mol. The van der Waals surface area contributed by atoms with E-state index in [0.29, 0.717) is 29.9 Å². The molecule has 0 radical (unpaired) electrons. The largest absolute Gasteiger partial charge is 0.305 e. The quantitative estimate of drug-likeness (QED) is 0.677. The number of nitrogens with zero attached hydrogens (tertiary/aromatic N) is 3. The maximum Gasteiger partial charge on any atom is 0.278 e. The fraction of sp³-hybridized carbons (Fsp3) is 0.385. The van der Waals surface area contributed by atoms with Crippen molar-refractivity contribution >= 4 is 17.0 Å². The van der Waals surface area contributed by atoms with Crippen molar-refractivity contribution in [3.63, 3.8) is 0 Å². The highest BCUT2D eigenvalue weighted by atomic mass is 32.1. The Labute approximate surface area is 121 Å². The average Bonchev–Trinajstić information content (AvgIpc) is 2.77. The second-order valence-electron chi connectivity index (χ2n) is 4.58. The van der Waals surface area contributed by atoms with Crippen LogP contribution in [0.25, 0.3) is 0 Å². The van der Waals surface area contributed by atoms with E-state index < -0.39 is 0 Å². The minimum absolute atomic E-state index is 0.154. The molecule has 0 fully saturated rings. The smallest absolute Gasteiger partial charge is 0.278 e. The van der Waals surface area contributed by atoms with Gasteiger partial charge in [0.25, 0.3) is 5.69 Å². The zero-order chi connectivity index (χ0) is 14.7. The molecule has 0 aromatic carbocycles.